The Morgan fingerprint density at radius 2 is 1.58 bits per heavy atom. The number of hydrogen-bond acceptors (Lipinski definition) is 6. The lowest BCUT2D eigenvalue weighted by molar-refractivity contribution is -0.131. The number of methoxy groups -OCH3 is 4. The molecule has 1 atom stereocenters. The van der Waals surface area contributed by atoms with E-state index in [9.17, 15) is 4.79 Å². The standard InChI is InChI=1S/C26H34N2O5/c1-30-22-6-5-20-19(13-21(20)26(22)33-4)16-27-10-7-25(29)28-11-8-17-14-23(31-2)24(32-3)15-18(17)9-12-28/h5-6,14-15,19,27H,7-13,16H2,1-4H3. The van der Waals surface area contributed by atoms with Crippen molar-refractivity contribution in [2.45, 2.75) is 31.6 Å². The molecule has 4 rings (SSSR count). The molecule has 178 valence electrons. The topological polar surface area (TPSA) is 69.3 Å². The lowest BCUT2D eigenvalue weighted by atomic mass is 9.76. The Morgan fingerprint density at radius 3 is 2.15 bits per heavy atom. The maximum Gasteiger partial charge on any atom is 0.223 e. The second kappa shape index (κ2) is 10.3. The summed E-state index contributed by atoms with van der Waals surface area (Å²) in [5, 5.41) is 3.47. The third-order valence-electron chi connectivity index (χ3n) is 6.84. The molecule has 0 saturated heterocycles. The molecule has 2 aromatic rings. The first-order chi connectivity index (χ1) is 16.1. The zero-order chi connectivity index (χ0) is 23.4. The zero-order valence-corrected chi connectivity index (χ0v) is 20.0. The van der Waals surface area contributed by atoms with Crippen molar-refractivity contribution in [3.05, 3.63) is 46.5 Å². The van der Waals surface area contributed by atoms with Gasteiger partial charge >= 0.3 is 0 Å². The van der Waals surface area contributed by atoms with E-state index in [0.717, 1.165) is 61.9 Å². The minimum absolute atomic E-state index is 0.203. The summed E-state index contributed by atoms with van der Waals surface area (Å²) in [6, 6.07) is 8.18. The van der Waals surface area contributed by atoms with Crippen LogP contribution in [0.15, 0.2) is 24.3 Å². The molecule has 0 fully saturated rings. The molecule has 2 aromatic carbocycles. The number of hydrogen-bond donors (Lipinski definition) is 1. The lowest BCUT2D eigenvalue weighted by Crippen LogP contribution is -2.36. The number of carbonyl (C=O) groups is 1. The predicted molar refractivity (Wildman–Crippen MR) is 127 cm³/mol. The van der Waals surface area contributed by atoms with Crippen molar-refractivity contribution in [2.75, 3.05) is 54.6 Å². The fourth-order valence-corrected chi connectivity index (χ4v) is 4.94. The van der Waals surface area contributed by atoms with E-state index < -0.39 is 0 Å². The average Bonchev–Trinajstić information content (AvgIpc) is 3.04. The van der Waals surface area contributed by atoms with Gasteiger partial charge in [0.2, 0.25) is 5.91 Å². The van der Waals surface area contributed by atoms with E-state index in [1.165, 1.54) is 22.3 Å². The molecule has 0 radical (unpaired) electrons. The van der Waals surface area contributed by atoms with Gasteiger partial charge < -0.3 is 29.2 Å². The number of nitrogens with one attached hydrogen (secondary N) is 1. The van der Waals surface area contributed by atoms with Crippen LogP contribution in [0, 0.1) is 0 Å². The maximum atomic E-state index is 12.8. The van der Waals surface area contributed by atoms with Crippen molar-refractivity contribution < 1.29 is 23.7 Å². The minimum Gasteiger partial charge on any atom is -0.493 e. The molecule has 1 aliphatic carbocycles. The van der Waals surface area contributed by atoms with Crippen LogP contribution in [0.3, 0.4) is 0 Å². The zero-order valence-electron chi connectivity index (χ0n) is 20.0. The molecule has 7 nitrogen and oxygen atoms in total. The summed E-state index contributed by atoms with van der Waals surface area (Å²) in [5.74, 6) is 3.77. The van der Waals surface area contributed by atoms with Gasteiger partial charge in [-0.1, -0.05) is 6.07 Å². The first-order valence-corrected chi connectivity index (χ1v) is 11.6. The van der Waals surface area contributed by atoms with E-state index >= 15 is 0 Å². The predicted octanol–water partition coefficient (Wildman–Crippen LogP) is 2.97. The molecular weight excluding hydrogens is 420 g/mol. The molecule has 1 unspecified atom stereocenters. The summed E-state index contributed by atoms with van der Waals surface area (Å²) in [6.07, 6.45) is 3.14. The van der Waals surface area contributed by atoms with E-state index in [-0.39, 0.29) is 5.91 Å². The molecule has 1 heterocycles. The Labute approximate surface area is 196 Å². The van der Waals surface area contributed by atoms with Gasteiger partial charge in [0.05, 0.1) is 28.4 Å². The summed E-state index contributed by atoms with van der Waals surface area (Å²) >= 11 is 0. The first-order valence-electron chi connectivity index (χ1n) is 11.6. The van der Waals surface area contributed by atoms with Gasteiger partial charge in [-0.25, -0.2) is 0 Å². The second-order valence-electron chi connectivity index (χ2n) is 8.58. The smallest absolute Gasteiger partial charge is 0.223 e. The van der Waals surface area contributed by atoms with Gasteiger partial charge in [0.15, 0.2) is 23.0 Å². The fraction of sp³-hybridized carbons (Fsp3) is 0.500. The number of amides is 1. The van der Waals surface area contributed by atoms with E-state index in [2.05, 4.69) is 11.4 Å². The van der Waals surface area contributed by atoms with Gasteiger partial charge in [-0.3, -0.25) is 4.79 Å². The molecule has 2 aliphatic rings. The highest BCUT2D eigenvalue weighted by Crippen LogP contribution is 2.45. The number of carbonyl (C=O) groups excluding carboxylic acids is 1. The van der Waals surface area contributed by atoms with Crippen molar-refractivity contribution in [1.29, 1.82) is 0 Å². The van der Waals surface area contributed by atoms with Crippen molar-refractivity contribution in [2.24, 2.45) is 0 Å². The summed E-state index contributed by atoms with van der Waals surface area (Å²) in [7, 11) is 6.65. The number of rotatable bonds is 9. The quantitative estimate of drug-likeness (QED) is 0.588. The highest BCUT2D eigenvalue weighted by molar-refractivity contribution is 5.76. The minimum atomic E-state index is 0.203. The first kappa shape index (κ1) is 23.2. The van der Waals surface area contributed by atoms with Gasteiger partial charge in [0.1, 0.15) is 0 Å². The molecule has 7 heteroatoms. The summed E-state index contributed by atoms with van der Waals surface area (Å²) in [6.45, 7) is 3.02. The van der Waals surface area contributed by atoms with E-state index in [1.54, 1.807) is 28.4 Å². The normalized spacial score (nSPS) is 16.7. The third-order valence-corrected chi connectivity index (χ3v) is 6.84. The van der Waals surface area contributed by atoms with E-state index in [4.69, 9.17) is 18.9 Å². The van der Waals surface area contributed by atoms with Gasteiger partial charge in [0, 0.05) is 44.1 Å². The van der Waals surface area contributed by atoms with Crippen LogP contribution in [0.2, 0.25) is 0 Å². The van der Waals surface area contributed by atoms with Crippen LogP contribution >= 0.6 is 0 Å². The Bertz CT molecular complexity index is 972. The van der Waals surface area contributed by atoms with Crippen LogP contribution in [0.1, 0.15) is 34.6 Å². The van der Waals surface area contributed by atoms with Gasteiger partial charge in [0.25, 0.3) is 0 Å². The SMILES string of the molecule is COc1cc2c(cc1OC)CCN(C(=O)CCNCC1Cc3c1ccc(OC)c3OC)CC2. The Kier molecular flexibility index (Phi) is 7.28. The van der Waals surface area contributed by atoms with E-state index in [0.29, 0.717) is 18.9 Å². The highest BCUT2D eigenvalue weighted by atomic mass is 16.5. The molecule has 0 saturated carbocycles. The third kappa shape index (κ3) is 4.74. The number of ether oxygens (including phenoxy) is 4. The van der Waals surface area contributed by atoms with Crippen LogP contribution in [0.5, 0.6) is 23.0 Å². The van der Waals surface area contributed by atoms with Gasteiger partial charge in [-0.2, -0.15) is 0 Å². The number of fused-ring (bicyclic) bond motifs is 2. The molecule has 0 aromatic heterocycles. The molecule has 1 aliphatic heterocycles. The average molecular weight is 455 g/mol. The molecule has 33 heavy (non-hydrogen) atoms. The molecule has 1 N–H and O–H groups in total. The van der Waals surface area contributed by atoms with Crippen LogP contribution in [0.25, 0.3) is 0 Å². The van der Waals surface area contributed by atoms with Crippen LogP contribution in [-0.2, 0) is 24.1 Å². The van der Waals surface area contributed by atoms with Crippen molar-refractivity contribution in [1.82, 2.24) is 10.2 Å². The van der Waals surface area contributed by atoms with Crippen molar-refractivity contribution in [3.8, 4) is 23.0 Å². The Balaban J connectivity index is 1.25. The molecule has 0 spiro atoms. The Morgan fingerprint density at radius 1 is 0.939 bits per heavy atom. The lowest BCUT2D eigenvalue weighted by Gasteiger charge is -2.32. The monoisotopic (exact) mass is 454 g/mol. The Hall–Kier alpha value is -2.93. The summed E-state index contributed by atoms with van der Waals surface area (Å²) in [5.41, 5.74) is 5.01. The van der Waals surface area contributed by atoms with E-state index in [1.807, 2.05) is 23.1 Å². The van der Waals surface area contributed by atoms with Crippen LogP contribution < -0.4 is 24.3 Å². The van der Waals surface area contributed by atoms with Crippen LogP contribution in [0.4, 0.5) is 0 Å². The molecule has 0 bridgehead atoms. The fourth-order valence-electron chi connectivity index (χ4n) is 4.94. The number of benzene rings is 2. The van der Waals surface area contributed by atoms with Gasteiger partial charge in [-0.05, 0) is 54.2 Å². The summed E-state index contributed by atoms with van der Waals surface area (Å²) in [4.78, 5) is 14.8. The second-order valence-corrected chi connectivity index (χ2v) is 8.58. The van der Waals surface area contributed by atoms with Gasteiger partial charge in [-0.15, -0.1) is 0 Å². The molecule has 1 amide bonds. The highest BCUT2D eigenvalue weighted by Gasteiger charge is 2.31. The van der Waals surface area contributed by atoms with Crippen molar-refractivity contribution >= 4 is 5.91 Å². The largest absolute Gasteiger partial charge is 0.493 e. The van der Waals surface area contributed by atoms with Crippen LogP contribution in [-0.4, -0.2) is 65.4 Å². The molecular formula is C26H34N2O5. The summed E-state index contributed by atoms with van der Waals surface area (Å²) < 4.78 is 21.8. The number of nitrogens with zero attached hydrogens (tertiary/aromatic N) is 1. The van der Waals surface area contributed by atoms with Crippen molar-refractivity contribution in [3.63, 3.8) is 0 Å². The maximum absolute atomic E-state index is 12.8.